The van der Waals surface area contributed by atoms with Crippen molar-refractivity contribution in [2.24, 2.45) is 0 Å². The molecule has 0 saturated carbocycles. The van der Waals surface area contributed by atoms with E-state index in [-0.39, 0.29) is 18.8 Å². The average molecular weight is 374 g/mol. The van der Waals surface area contributed by atoms with Crippen LogP contribution in [-0.4, -0.2) is 43.4 Å². The minimum absolute atomic E-state index is 0.0431. The van der Waals surface area contributed by atoms with E-state index in [0.29, 0.717) is 23.7 Å². The van der Waals surface area contributed by atoms with Crippen LogP contribution < -0.4 is 14.8 Å². The van der Waals surface area contributed by atoms with E-state index in [0.717, 1.165) is 32.5 Å². The number of ether oxygens (including phenoxy) is 3. The van der Waals surface area contributed by atoms with Crippen LogP contribution in [0.15, 0.2) is 35.7 Å². The minimum atomic E-state index is -0.0431. The van der Waals surface area contributed by atoms with Gasteiger partial charge in [-0.3, -0.25) is 9.69 Å². The molecule has 2 aliphatic rings. The predicted octanol–water partition coefficient (Wildman–Crippen LogP) is 3.10. The topological polar surface area (TPSA) is 60.0 Å². The van der Waals surface area contributed by atoms with E-state index in [2.05, 4.69) is 21.7 Å². The SMILES string of the molecule is O=C(CN(Cc1cccs1)C[C@H]1CCCO1)Nc1ccc2c(c1)OCO2. The molecule has 0 radical (unpaired) electrons. The van der Waals surface area contributed by atoms with Crippen LogP contribution in [0.5, 0.6) is 11.5 Å². The molecule has 1 aromatic carbocycles. The Morgan fingerprint density at radius 2 is 2.19 bits per heavy atom. The van der Waals surface area contributed by atoms with Crippen molar-refractivity contribution in [3.63, 3.8) is 0 Å². The van der Waals surface area contributed by atoms with Gasteiger partial charge in [0.1, 0.15) is 0 Å². The predicted molar refractivity (Wildman–Crippen MR) is 99.8 cm³/mol. The van der Waals surface area contributed by atoms with Gasteiger partial charge in [0.25, 0.3) is 0 Å². The second-order valence-electron chi connectivity index (χ2n) is 6.50. The van der Waals surface area contributed by atoms with Gasteiger partial charge in [0, 0.05) is 36.3 Å². The smallest absolute Gasteiger partial charge is 0.238 e. The van der Waals surface area contributed by atoms with Crippen molar-refractivity contribution < 1.29 is 19.0 Å². The van der Waals surface area contributed by atoms with Crippen LogP contribution in [0.1, 0.15) is 17.7 Å². The van der Waals surface area contributed by atoms with Gasteiger partial charge in [0.2, 0.25) is 12.7 Å². The summed E-state index contributed by atoms with van der Waals surface area (Å²) in [5, 5.41) is 5.01. The molecule has 0 aliphatic carbocycles. The molecule has 1 saturated heterocycles. The van der Waals surface area contributed by atoms with Crippen LogP contribution in [0, 0.1) is 0 Å². The Morgan fingerprint density at radius 3 is 3.00 bits per heavy atom. The van der Waals surface area contributed by atoms with Crippen LogP contribution in [0.3, 0.4) is 0 Å². The second kappa shape index (κ2) is 8.07. The maximum atomic E-state index is 12.6. The Kier molecular flexibility index (Phi) is 5.38. The summed E-state index contributed by atoms with van der Waals surface area (Å²) in [6.07, 6.45) is 2.37. The summed E-state index contributed by atoms with van der Waals surface area (Å²) in [7, 11) is 0. The Balaban J connectivity index is 1.38. The molecule has 1 atom stereocenters. The van der Waals surface area contributed by atoms with Crippen LogP contribution in [0.25, 0.3) is 0 Å². The highest BCUT2D eigenvalue weighted by atomic mass is 32.1. The number of nitrogens with one attached hydrogen (secondary N) is 1. The standard InChI is InChI=1S/C19H22N2O4S/c22-19(20-14-5-6-17-18(9-14)25-13-24-17)12-21(10-15-3-1-7-23-15)11-16-4-2-8-26-16/h2,4-6,8-9,15H,1,3,7,10-13H2,(H,20,22)/t15-/m1/s1. The first-order chi connectivity index (χ1) is 12.8. The summed E-state index contributed by atoms with van der Waals surface area (Å²) >= 11 is 1.71. The molecule has 0 unspecified atom stereocenters. The van der Waals surface area contributed by atoms with Crippen LogP contribution in [0.2, 0.25) is 0 Å². The number of anilines is 1. The Labute approximate surface area is 156 Å². The van der Waals surface area contributed by atoms with E-state index in [9.17, 15) is 4.79 Å². The molecule has 6 nitrogen and oxygen atoms in total. The summed E-state index contributed by atoms with van der Waals surface area (Å²) in [5.74, 6) is 1.33. The lowest BCUT2D eigenvalue weighted by atomic mass is 10.2. The van der Waals surface area contributed by atoms with Gasteiger partial charge >= 0.3 is 0 Å². The lowest BCUT2D eigenvalue weighted by Crippen LogP contribution is -2.37. The molecule has 0 spiro atoms. The van der Waals surface area contributed by atoms with E-state index in [1.54, 1.807) is 17.4 Å². The minimum Gasteiger partial charge on any atom is -0.454 e. The van der Waals surface area contributed by atoms with Crippen molar-refractivity contribution in [1.82, 2.24) is 4.90 Å². The number of hydrogen-bond acceptors (Lipinski definition) is 6. The van der Waals surface area contributed by atoms with E-state index in [1.165, 1.54) is 4.88 Å². The lowest BCUT2D eigenvalue weighted by molar-refractivity contribution is -0.117. The van der Waals surface area contributed by atoms with Crippen molar-refractivity contribution >= 4 is 22.9 Å². The van der Waals surface area contributed by atoms with Crippen LogP contribution in [-0.2, 0) is 16.1 Å². The number of thiophene rings is 1. The van der Waals surface area contributed by atoms with Gasteiger partial charge in [-0.25, -0.2) is 0 Å². The number of rotatable bonds is 7. The van der Waals surface area contributed by atoms with Gasteiger partial charge in [0.05, 0.1) is 12.6 Å². The molecule has 26 heavy (non-hydrogen) atoms. The van der Waals surface area contributed by atoms with E-state index in [4.69, 9.17) is 14.2 Å². The zero-order chi connectivity index (χ0) is 17.8. The monoisotopic (exact) mass is 374 g/mol. The summed E-state index contributed by atoms with van der Waals surface area (Å²) in [4.78, 5) is 16.0. The third kappa shape index (κ3) is 4.35. The van der Waals surface area contributed by atoms with Gasteiger partial charge in [0.15, 0.2) is 11.5 Å². The zero-order valence-electron chi connectivity index (χ0n) is 14.5. The molecular weight excluding hydrogens is 352 g/mol. The first-order valence-electron chi connectivity index (χ1n) is 8.82. The van der Waals surface area contributed by atoms with E-state index >= 15 is 0 Å². The molecule has 3 heterocycles. The number of benzene rings is 1. The number of amides is 1. The van der Waals surface area contributed by atoms with Crippen molar-refractivity contribution in [3.8, 4) is 11.5 Å². The maximum absolute atomic E-state index is 12.6. The Morgan fingerprint density at radius 1 is 1.27 bits per heavy atom. The highest BCUT2D eigenvalue weighted by Crippen LogP contribution is 2.34. The molecule has 1 amide bonds. The molecule has 0 bridgehead atoms. The van der Waals surface area contributed by atoms with Gasteiger partial charge in [-0.1, -0.05) is 6.07 Å². The molecule has 1 fully saturated rings. The van der Waals surface area contributed by atoms with Crippen LogP contribution >= 0.6 is 11.3 Å². The molecular formula is C19H22N2O4S. The molecule has 4 rings (SSSR count). The summed E-state index contributed by atoms with van der Waals surface area (Å²) < 4.78 is 16.4. The zero-order valence-corrected chi connectivity index (χ0v) is 15.3. The molecule has 2 aliphatic heterocycles. The molecule has 1 N–H and O–H groups in total. The second-order valence-corrected chi connectivity index (χ2v) is 7.53. The third-order valence-corrected chi connectivity index (χ3v) is 5.33. The molecule has 138 valence electrons. The highest BCUT2D eigenvalue weighted by Gasteiger charge is 2.22. The largest absolute Gasteiger partial charge is 0.454 e. The van der Waals surface area contributed by atoms with Gasteiger partial charge < -0.3 is 19.5 Å². The van der Waals surface area contributed by atoms with Crippen LogP contribution in [0.4, 0.5) is 5.69 Å². The quantitative estimate of drug-likeness (QED) is 0.807. The number of carbonyl (C=O) groups excluding carboxylic acids is 1. The van der Waals surface area contributed by atoms with Crippen molar-refractivity contribution in [2.75, 3.05) is 31.8 Å². The van der Waals surface area contributed by atoms with E-state index in [1.807, 2.05) is 18.2 Å². The number of hydrogen-bond donors (Lipinski definition) is 1. The Hall–Kier alpha value is -2.09. The molecule has 1 aromatic heterocycles. The number of fused-ring (bicyclic) bond motifs is 1. The van der Waals surface area contributed by atoms with Gasteiger partial charge in [-0.05, 0) is 36.4 Å². The fourth-order valence-corrected chi connectivity index (χ4v) is 4.01. The first kappa shape index (κ1) is 17.3. The summed E-state index contributed by atoms with van der Waals surface area (Å²) in [6, 6.07) is 9.58. The van der Waals surface area contributed by atoms with Crippen molar-refractivity contribution in [3.05, 3.63) is 40.6 Å². The lowest BCUT2D eigenvalue weighted by Gasteiger charge is -2.24. The Bertz CT molecular complexity index is 744. The molecule has 7 heteroatoms. The summed E-state index contributed by atoms with van der Waals surface area (Å²) in [6.45, 7) is 2.90. The van der Waals surface area contributed by atoms with Crippen molar-refractivity contribution in [2.45, 2.75) is 25.5 Å². The molecule has 2 aromatic rings. The maximum Gasteiger partial charge on any atom is 0.238 e. The van der Waals surface area contributed by atoms with Crippen molar-refractivity contribution in [1.29, 1.82) is 0 Å². The van der Waals surface area contributed by atoms with Gasteiger partial charge in [-0.2, -0.15) is 0 Å². The summed E-state index contributed by atoms with van der Waals surface area (Å²) in [5.41, 5.74) is 0.715. The van der Waals surface area contributed by atoms with Gasteiger partial charge in [-0.15, -0.1) is 11.3 Å². The average Bonchev–Trinajstić information content (AvgIpc) is 3.36. The number of nitrogens with zero attached hydrogens (tertiary/aromatic N) is 1. The highest BCUT2D eigenvalue weighted by molar-refractivity contribution is 7.09. The fraction of sp³-hybridized carbons (Fsp3) is 0.421. The first-order valence-corrected chi connectivity index (χ1v) is 9.70. The fourth-order valence-electron chi connectivity index (χ4n) is 3.26. The third-order valence-electron chi connectivity index (χ3n) is 4.47. The van der Waals surface area contributed by atoms with E-state index < -0.39 is 0 Å². The number of carbonyl (C=O) groups is 1. The normalized spacial score (nSPS) is 18.4.